The molecule has 3 heterocycles. The molecule has 3 rings (SSSR count). The van der Waals surface area contributed by atoms with Gasteiger partial charge >= 0.3 is 0 Å². The number of hydrogen-bond acceptors (Lipinski definition) is 6. The summed E-state index contributed by atoms with van der Waals surface area (Å²) in [5.41, 5.74) is 1.52. The highest BCUT2D eigenvalue weighted by Crippen LogP contribution is 2.31. The standard InChI is InChI=1S/C16H21N5OS/c1-3-12-10-23-16(18-12)11-5-4-8-21(9-11)14-7-6-13(19-20-14)15(22)17-2/h6-7,10-11H,3-5,8-9H2,1-2H3,(H,17,22). The zero-order chi connectivity index (χ0) is 16.2. The lowest BCUT2D eigenvalue weighted by Gasteiger charge is -2.32. The number of hydrogen-bond donors (Lipinski definition) is 1. The third kappa shape index (κ3) is 3.50. The summed E-state index contributed by atoms with van der Waals surface area (Å²) in [6, 6.07) is 3.60. The molecule has 1 unspecified atom stereocenters. The maximum atomic E-state index is 11.5. The third-order valence-electron chi connectivity index (χ3n) is 4.14. The molecule has 1 N–H and O–H groups in total. The lowest BCUT2D eigenvalue weighted by molar-refractivity contribution is 0.0957. The van der Waals surface area contributed by atoms with Crippen molar-refractivity contribution >= 4 is 23.1 Å². The van der Waals surface area contributed by atoms with Crippen LogP contribution in [-0.4, -0.2) is 41.2 Å². The van der Waals surface area contributed by atoms with Crippen molar-refractivity contribution in [3.63, 3.8) is 0 Å². The van der Waals surface area contributed by atoms with Crippen molar-refractivity contribution in [1.82, 2.24) is 20.5 Å². The third-order valence-corrected chi connectivity index (χ3v) is 5.19. The number of carbonyl (C=O) groups is 1. The number of rotatable bonds is 4. The molecular weight excluding hydrogens is 310 g/mol. The molecule has 1 aliphatic heterocycles. The summed E-state index contributed by atoms with van der Waals surface area (Å²) in [6.45, 7) is 4.01. The summed E-state index contributed by atoms with van der Waals surface area (Å²) in [7, 11) is 1.59. The SMILES string of the molecule is CCc1csc(C2CCCN(c3ccc(C(=O)NC)nn3)C2)n1. The predicted octanol–water partition coefficient (Wildman–Crippen LogP) is 2.24. The van der Waals surface area contributed by atoms with Gasteiger partial charge in [-0.3, -0.25) is 4.79 Å². The molecule has 1 fully saturated rings. The van der Waals surface area contributed by atoms with Crippen LogP contribution in [0.25, 0.3) is 0 Å². The molecule has 2 aromatic heterocycles. The van der Waals surface area contributed by atoms with E-state index < -0.39 is 0 Å². The van der Waals surface area contributed by atoms with E-state index >= 15 is 0 Å². The molecule has 7 heteroatoms. The highest BCUT2D eigenvalue weighted by atomic mass is 32.1. The van der Waals surface area contributed by atoms with Crippen molar-refractivity contribution in [1.29, 1.82) is 0 Å². The largest absolute Gasteiger partial charge is 0.354 e. The van der Waals surface area contributed by atoms with Crippen LogP contribution in [0.5, 0.6) is 0 Å². The van der Waals surface area contributed by atoms with Gasteiger partial charge in [0.2, 0.25) is 0 Å². The molecule has 0 saturated carbocycles. The minimum absolute atomic E-state index is 0.213. The van der Waals surface area contributed by atoms with E-state index in [1.54, 1.807) is 24.5 Å². The highest BCUT2D eigenvalue weighted by Gasteiger charge is 2.24. The highest BCUT2D eigenvalue weighted by molar-refractivity contribution is 7.09. The Hall–Kier alpha value is -2.02. The molecule has 0 radical (unpaired) electrons. The second kappa shape index (κ2) is 7.04. The number of nitrogens with zero attached hydrogens (tertiary/aromatic N) is 4. The van der Waals surface area contributed by atoms with Crippen LogP contribution >= 0.6 is 11.3 Å². The fourth-order valence-electron chi connectivity index (χ4n) is 2.80. The molecule has 0 aromatic carbocycles. The number of aromatic nitrogens is 3. The monoisotopic (exact) mass is 331 g/mol. The van der Waals surface area contributed by atoms with Gasteiger partial charge in [0.05, 0.1) is 10.7 Å². The molecular formula is C16H21N5OS. The van der Waals surface area contributed by atoms with Crippen LogP contribution in [0.2, 0.25) is 0 Å². The van der Waals surface area contributed by atoms with Crippen molar-refractivity contribution < 1.29 is 4.79 Å². The zero-order valence-corrected chi connectivity index (χ0v) is 14.3. The number of thiazole rings is 1. The van der Waals surface area contributed by atoms with Crippen LogP contribution in [0.4, 0.5) is 5.82 Å². The number of carbonyl (C=O) groups excluding carboxylic acids is 1. The van der Waals surface area contributed by atoms with Gasteiger partial charge in [0.1, 0.15) is 0 Å². The predicted molar refractivity (Wildman–Crippen MR) is 91.1 cm³/mol. The summed E-state index contributed by atoms with van der Waals surface area (Å²) < 4.78 is 0. The summed E-state index contributed by atoms with van der Waals surface area (Å²) in [4.78, 5) is 18.5. The molecule has 122 valence electrons. The molecule has 1 atom stereocenters. The van der Waals surface area contributed by atoms with Crippen molar-refractivity contribution in [2.24, 2.45) is 0 Å². The van der Waals surface area contributed by atoms with Crippen molar-refractivity contribution in [2.45, 2.75) is 32.1 Å². The van der Waals surface area contributed by atoms with Gasteiger partial charge in [-0.15, -0.1) is 21.5 Å². The van der Waals surface area contributed by atoms with Gasteiger partial charge in [0.15, 0.2) is 11.5 Å². The van der Waals surface area contributed by atoms with Crippen molar-refractivity contribution in [3.05, 3.63) is 33.9 Å². The molecule has 0 spiro atoms. The first kappa shape index (κ1) is 15.9. The molecule has 6 nitrogen and oxygen atoms in total. The summed E-state index contributed by atoms with van der Waals surface area (Å²) in [5, 5.41) is 14.2. The van der Waals surface area contributed by atoms with Crippen LogP contribution in [-0.2, 0) is 6.42 Å². The maximum absolute atomic E-state index is 11.5. The average Bonchev–Trinajstić information content (AvgIpc) is 3.10. The first-order valence-electron chi connectivity index (χ1n) is 7.96. The van der Waals surface area contributed by atoms with Gasteiger partial charge < -0.3 is 10.2 Å². The van der Waals surface area contributed by atoms with Gasteiger partial charge in [-0.05, 0) is 31.4 Å². The number of amides is 1. The summed E-state index contributed by atoms with van der Waals surface area (Å²) in [5.74, 6) is 1.07. The van der Waals surface area contributed by atoms with E-state index in [0.717, 1.165) is 38.2 Å². The van der Waals surface area contributed by atoms with E-state index in [2.05, 4.69) is 32.7 Å². The maximum Gasteiger partial charge on any atom is 0.271 e. The van der Waals surface area contributed by atoms with Gasteiger partial charge in [-0.25, -0.2) is 4.98 Å². The Labute approximate surface area is 140 Å². The first-order valence-corrected chi connectivity index (χ1v) is 8.84. The Bertz CT molecular complexity index is 669. The minimum Gasteiger partial charge on any atom is -0.354 e. The van der Waals surface area contributed by atoms with E-state index in [0.29, 0.717) is 11.6 Å². The fraction of sp³-hybridized carbons (Fsp3) is 0.500. The molecule has 1 amide bonds. The number of piperidine rings is 1. The molecule has 0 aliphatic carbocycles. The molecule has 23 heavy (non-hydrogen) atoms. The Kier molecular flexibility index (Phi) is 4.85. The second-order valence-corrected chi connectivity index (χ2v) is 6.56. The lowest BCUT2D eigenvalue weighted by atomic mass is 9.99. The fourth-order valence-corrected chi connectivity index (χ4v) is 3.83. The normalized spacial score (nSPS) is 18.0. The summed E-state index contributed by atoms with van der Waals surface area (Å²) in [6.07, 6.45) is 3.26. The molecule has 0 bridgehead atoms. The van der Waals surface area contributed by atoms with Crippen LogP contribution in [0.3, 0.4) is 0 Å². The Balaban J connectivity index is 1.71. The van der Waals surface area contributed by atoms with Crippen LogP contribution < -0.4 is 10.2 Å². The Morgan fingerprint density at radius 3 is 2.96 bits per heavy atom. The minimum atomic E-state index is -0.213. The van der Waals surface area contributed by atoms with Crippen LogP contribution in [0.1, 0.15) is 46.9 Å². The molecule has 1 aliphatic rings. The zero-order valence-electron chi connectivity index (χ0n) is 13.5. The van der Waals surface area contributed by atoms with E-state index in [4.69, 9.17) is 4.98 Å². The topological polar surface area (TPSA) is 71.0 Å². The van der Waals surface area contributed by atoms with Crippen molar-refractivity contribution in [3.8, 4) is 0 Å². The van der Waals surface area contributed by atoms with Crippen LogP contribution in [0, 0.1) is 0 Å². The number of nitrogens with one attached hydrogen (secondary N) is 1. The smallest absolute Gasteiger partial charge is 0.271 e. The Morgan fingerprint density at radius 1 is 1.43 bits per heavy atom. The van der Waals surface area contributed by atoms with Gasteiger partial charge in [0.25, 0.3) is 5.91 Å². The Morgan fingerprint density at radius 2 is 2.30 bits per heavy atom. The van der Waals surface area contributed by atoms with E-state index in [1.807, 2.05) is 6.07 Å². The van der Waals surface area contributed by atoms with Crippen molar-refractivity contribution in [2.75, 3.05) is 25.0 Å². The summed E-state index contributed by atoms with van der Waals surface area (Å²) >= 11 is 1.76. The van der Waals surface area contributed by atoms with E-state index in [-0.39, 0.29) is 5.91 Å². The van der Waals surface area contributed by atoms with E-state index in [9.17, 15) is 4.79 Å². The number of aryl methyl sites for hydroxylation is 1. The average molecular weight is 331 g/mol. The van der Waals surface area contributed by atoms with Crippen LogP contribution in [0.15, 0.2) is 17.5 Å². The molecule has 1 saturated heterocycles. The van der Waals surface area contributed by atoms with Gasteiger partial charge in [-0.1, -0.05) is 6.92 Å². The second-order valence-electron chi connectivity index (χ2n) is 5.67. The van der Waals surface area contributed by atoms with E-state index in [1.165, 1.54) is 10.7 Å². The van der Waals surface area contributed by atoms with Gasteiger partial charge in [-0.2, -0.15) is 0 Å². The van der Waals surface area contributed by atoms with Gasteiger partial charge in [0, 0.05) is 31.4 Å². The quantitative estimate of drug-likeness (QED) is 0.930. The number of anilines is 1. The molecule has 2 aromatic rings. The lowest BCUT2D eigenvalue weighted by Crippen LogP contribution is -2.35. The first-order chi connectivity index (χ1) is 11.2.